The molecule has 1 aromatic rings. The van der Waals surface area contributed by atoms with Gasteiger partial charge in [-0.3, -0.25) is 4.90 Å². The maximum absolute atomic E-state index is 4.51. The summed E-state index contributed by atoms with van der Waals surface area (Å²) in [5, 5.41) is 8.91. The predicted molar refractivity (Wildman–Crippen MR) is 83.3 cm³/mol. The molecule has 1 aliphatic carbocycles. The molecule has 0 spiro atoms. The number of hydrogen-bond acceptors (Lipinski definition) is 3. The Kier molecular flexibility index (Phi) is 3.80. The lowest BCUT2D eigenvalue weighted by Crippen LogP contribution is -2.36. The standard InChI is InChI=1S/C17H26N4/c1-2-6-14(7-3-1)12-20-10-4-8-15(13-20)17-19-18-16-9-5-11-21(16)17/h6,15H,1-5,7-13H2/t15-/m1/s1. The molecule has 3 aliphatic rings. The Bertz CT molecular complexity index is 531. The van der Waals surface area contributed by atoms with E-state index in [1.54, 1.807) is 5.57 Å². The molecule has 0 aromatic carbocycles. The van der Waals surface area contributed by atoms with E-state index in [4.69, 9.17) is 0 Å². The van der Waals surface area contributed by atoms with Crippen LogP contribution in [-0.2, 0) is 13.0 Å². The SMILES string of the molecule is C1=C(CN2CCC[C@@H](c3nnc4n3CCC4)C2)CCCC1. The third-order valence-corrected chi connectivity index (χ3v) is 5.32. The van der Waals surface area contributed by atoms with Crippen molar-refractivity contribution in [2.45, 2.75) is 63.8 Å². The van der Waals surface area contributed by atoms with Crippen LogP contribution in [-0.4, -0.2) is 39.3 Å². The molecule has 0 radical (unpaired) electrons. The fourth-order valence-electron chi connectivity index (χ4n) is 4.22. The molecule has 2 aliphatic heterocycles. The highest BCUT2D eigenvalue weighted by molar-refractivity contribution is 5.10. The zero-order chi connectivity index (χ0) is 14.1. The van der Waals surface area contributed by atoms with Crippen molar-refractivity contribution in [2.75, 3.05) is 19.6 Å². The van der Waals surface area contributed by atoms with E-state index in [-0.39, 0.29) is 0 Å². The van der Waals surface area contributed by atoms with Crippen LogP contribution in [0.1, 0.15) is 62.5 Å². The summed E-state index contributed by atoms with van der Waals surface area (Å²) in [5.41, 5.74) is 1.67. The van der Waals surface area contributed by atoms with Gasteiger partial charge in [0.1, 0.15) is 11.6 Å². The first kappa shape index (κ1) is 13.5. The number of rotatable bonds is 3. The van der Waals surface area contributed by atoms with Gasteiger partial charge in [-0.15, -0.1) is 10.2 Å². The summed E-state index contributed by atoms with van der Waals surface area (Å²) in [6, 6.07) is 0. The van der Waals surface area contributed by atoms with E-state index < -0.39 is 0 Å². The topological polar surface area (TPSA) is 34.0 Å². The minimum Gasteiger partial charge on any atom is -0.315 e. The fourth-order valence-corrected chi connectivity index (χ4v) is 4.22. The largest absolute Gasteiger partial charge is 0.315 e. The van der Waals surface area contributed by atoms with Crippen LogP contribution in [0.3, 0.4) is 0 Å². The van der Waals surface area contributed by atoms with Crippen LogP contribution in [0, 0.1) is 0 Å². The van der Waals surface area contributed by atoms with E-state index in [2.05, 4.69) is 25.7 Å². The van der Waals surface area contributed by atoms with Crippen molar-refractivity contribution in [3.8, 4) is 0 Å². The van der Waals surface area contributed by atoms with Gasteiger partial charge in [-0.2, -0.15) is 0 Å². The molecular formula is C17H26N4. The smallest absolute Gasteiger partial charge is 0.137 e. The van der Waals surface area contributed by atoms with E-state index in [9.17, 15) is 0 Å². The Balaban J connectivity index is 1.44. The van der Waals surface area contributed by atoms with Crippen LogP contribution in [0.4, 0.5) is 0 Å². The normalized spacial score (nSPS) is 26.7. The number of hydrogen-bond donors (Lipinski definition) is 0. The fraction of sp³-hybridized carbons (Fsp3) is 0.765. The highest BCUT2D eigenvalue weighted by Crippen LogP contribution is 2.29. The first-order valence-corrected chi connectivity index (χ1v) is 8.72. The molecule has 4 heteroatoms. The van der Waals surface area contributed by atoms with Gasteiger partial charge in [0.15, 0.2) is 0 Å². The van der Waals surface area contributed by atoms with Gasteiger partial charge in [0.2, 0.25) is 0 Å². The summed E-state index contributed by atoms with van der Waals surface area (Å²) < 4.78 is 2.40. The van der Waals surface area contributed by atoms with E-state index >= 15 is 0 Å². The molecule has 4 rings (SSSR count). The van der Waals surface area contributed by atoms with Crippen molar-refractivity contribution in [3.63, 3.8) is 0 Å². The molecule has 4 nitrogen and oxygen atoms in total. The number of piperidine rings is 1. The highest BCUT2D eigenvalue weighted by Gasteiger charge is 2.28. The zero-order valence-corrected chi connectivity index (χ0v) is 12.9. The molecular weight excluding hydrogens is 260 g/mol. The molecule has 0 N–H and O–H groups in total. The summed E-state index contributed by atoms with van der Waals surface area (Å²) in [6.07, 6.45) is 12.8. The third-order valence-electron chi connectivity index (χ3n) is 5.32. The number of fused-ring (bicyclic) bond motifs is 1. The predicted octanol–water partition coefficient (Wildman–Crippen LogP) is 2.90. The molecule has 0 amide bonds. The number of allylic oxidation sites excluding steroid dienone is 1. The summed E-state index contributed by atoms with van der Waals surface area (Å²) in [5.74, 6) is 3.09. The Hall–Kier alpha value is -1.16. The second kappa shape index (κ2) is 5.91. The highest BCUT2D eigenvalue weighted by atomic mass is 15.3. The van der Waals surface area contributed by atoms with E-state index in [1.165, 1.54) is 76.2 Å². The first-order valence-electron chi connectivity index (χ1n) is 8.72. The quantitative estimate of drug-likeness (QED) is 0.801. The van der Waals surface area contributed by atoms with E-state index in [0.29, 0.717) is 5.92 Å². The lowest BCUT2D eigenvalue weighted by atomic mass is 9.94. The maximum Gasteiger partial charge on any atom is 0.137 e. The molecule has 0 unspecified atom stereocenters. The summed E-state index contributed by atoms with van der Waals surface area (Å²) in [6.45, 7) is 4.77. The molecule has 1 atom stereocenters. The minimum absolute atomic E-state index is 0.599. The molecule has 21 heavy (non-hydrogen) atoms. The average Bonchev–Trinajstić information content (AvgIpc) is 3.11. The maximum atomic E-state index is 4.51. The van der Waals surface area contributed by atoms with E-state index in [0.717, 1.165) is 13.0 Å². The van der Waals surface area contributed by atoms with Crippen molar-refractivity contribution in [2.24, 2.45) is 0 Å². The van der Waals surface area contributed by atoms with Crippen molar-refractivity contribution >= 4 is 0 Å². The molecule has 114 valence electrons. The molecule has 3 heterocycles. The lowest BCUT2D eigenvalue weighted by molar-refractivity contribution is 0.214. The lowest BCUT2D eigenvalue weighted by Gasteiger charge is -2.33. The van der Waals surface area contributed by atoms with Gasteiger partial charge in [-0.05, 0) is 51.5 Å². The van der Waals surface area contributed by atoms with Gasteiger partial charge in [0.25, 0.3) is 0 Å². The van der Waals surface area contributed by atoms with Crippen LogP contribution in [0.5, 0.6) is 0 Å². The van der Waals surface area contributed by atoms with Crippen molar-refractivity contribution in [1.82, 2.24) is 19.7 Å². The van der Waals surface area contributed by atoms with Crippen LogP contribution in [0.25, 0.3) is 0 Å². The minimum atomic E-state index is 0.599. The molecule has 1 aromatic heterocycles. The second-order valence-electron chi connectivity index (χ2n) is 6.91. The van der Waals surface area contributed by atoms with Crippen molar-refractivity contribution in [1.29, 1.82) is 0 Å². The van der Waals surface area contributed by atoms with Gasteiger partial charge < -0.3 is 4.57 Å². The first-order chi connectivity index (χ1) is 10.4. The van der Waals surface area contributed by atoms with E-state index in [1.807, 2.05) is 0 Å². The monoisotopic (exact) mass is 286 g/mol. The molecule has 0 saturated carbocycles. The van der Waals surface area contributed by atoms with Crippen molar-refractivity contribution in [3.05, 3.63) is 23.3 Å². The molecule has 1 saturated heterocycles. The number of aromatic nitrogens is 3. The van der Waals surface area contributed by atoms with Gasteiger partial charge >= 0.3 is 0 Å². The summed E-state index contributed by atoms with van der Waals surface area (Å²) in [7, 11) is 0. The third kappa shape index (κ3) is 2.78. The Labute approximate surface area is 127 Å². The second-order valence-corrected chi connectivity index (χ2v) is 6.91. The van der Waals surface area contributed by atoms with Gasteiger partial charge in [0, 0.05) is 32.0 Å². The van der Waals surface area contributed by atoms with Crippen LogP contribution >= 0.6 is 0 Å². The Morgan fingerprint density at radius 2 is 2.05 bits per heavy atom. The van der Waals surface area contributed by atoms with Gasteiger partial charge in [0.05, 0.1) is 0 Å². The average molecular weight is 286 g/mol. The van der Waals surface area contributed by atoms with Gasteiger partial charge in [-0.25, -0.2) is 0 Å². The number of aryl methyl sites for hydroxylation is 1. The Morgan fingerprint density at radius 3 is 2.95 bits per heavy atom. The summed E-state index contributed by atoms with van der Waals surface area (Å²) >= 11 is 0. The number of nitrogens with zero attached hydrogens (tertiary/aromatic N) is 4. The van der Waals surface area contributed by atoms with Crippen LogP contribution < -0.4 is 0 Å². The van der Waals surface area contributed by atoms with Gasteiger partial charge in [-0.1, -0.05) is 11.6 Å². The van der Waals surface area contributed by atoms with Crippen LogP contribution in [0.2, 0.25) is 0 Å². The van der Waals surface area contributed by atoms with Crippen molar-refractivity contribution < 1.29 is 0 Å². The van der Waals surface area contributed by atoms with Crippen LogP contribution in [0.15, 0.2) is 11.6 Å². The summed E-state index contributed by atoms with van der Waals surface area (Å²) in [4.78, 5) is 2.65. The molecule has 1 fully saturated rings. The number of likely N-dealkylation sites (tertiary alicyclic amines) is 1. The molecule has 0 bridgehead atoms. The zero-order valence-electron chi connectivity index (χ0n) is 12.9. The Morgan fingerprint density at radius 1 is 1.05 bits per heavy atom.